The summed E-state index contributed by atoms with van der Waals surface area (Å²) >= 11 is 1.87. The number of thioether (sulfide) groups is 1. The van der Waals surface area contributed by atoms with Crippen LogP contribution >= 0.6 is 11.8 Å². The number of aromatic nitrogens is 3. The van der Waals surface area contributed by atoms with Crippen molar-refractivity contribution < 1.29 is 0 Å². The van der Waals surface area contributed by atoms with Gasteiger partial charge >= 0.3 is 0 Å². The minimum absolute atomic E-state index is 0.426. The van der Waals surface area contributed by atoms with Crippen molar-refractivity contribution in [3.05, 3.63) is 42.0 Å². The molecule has 0 bridgehead atoms. The Morgan fingerprint density at radius 2 is 2.07 bits per heavy atom. The Hall–Kier alpha value is -2.06. The van der Waals surface area contributed by atoms with Gasteiger partial charge in [-0.2, -0.15) is 0 Å². The second-order valence-electron chi connectivity index (χ2n) is 7.82. The van der Waals surface area contributed by atoms with Crippen LogP contribution in [0.3, 0.4) is 0 Å². The highest BCUT2D eigenvalue weighted by atomic mass is 32.2. The molecule has 2 aromatic rings. The minimum atomic E-state index is 0.426. The van der Waals surface area contributed by atoms with E-state index in [9.17, 15) is 0 Å². The molecular formula is C22H35N7S. The molecule has 1 aromatic carbocycles. The molecule has 1 aliphatic heterocycles. The number of likely N-dealkylation sites (N-methyl/N-ethyl adjacent to an activating group) is 1. The van der Waals surface area contributed by atoms with Crippen molar-refractivity contribution in [2.24, 2.45) is 12.0 Å². The van der Waals surface area contributed by atoms with Gasteiger partial charge in [-0.05, 0) is 45.0 Å². The van der Waals surface area contributed by atoms with Crippen molar-refractivity contribution in [1.29, 1.82) is 0 Å². The van der Waals surface area contributed by atoms with Crippen LogP contribution in [0.4, 0.5) is 0 Å². The number of nitrogens with zero attached hydrogens (tertiary/aromatic N) is 5. The highest BCUT2D eigenvalue weighted by molar-refractivity contribution is 8.00. The summed E-state index contributed by atoms with van der Waals surface area (Å²) in [4.78, 5) is 8.64. The molecule has 1 aliphatic rings. The predicted octanol–water partition coefficient (Wildman–Crippen LogP) is 2.82. The van der Waals surface area contributed by atoms with Crippen molar-refractivity contribution in [2.45, 2.75) is 56.3 Å². The lowest BCUT2D eigenvalue weighted by atomic mass is 10.2. The van der Waals surface area contributed by atoms with E-state index in [0.717, 1.165) is 37.2 Å². The van der Waals surface area contributed by atoms with Crippen LogP contribution in [0.2, 0.25) is 0 Å². The Balaban J connectivity index is 1.59. The molecule has 1 saturated heterocycles. The van der Waals surface area contributed by atoms with E-state index < -0.39 is 0 Å². The van der Waals surface area contributed by atoms with Gasteiger partial charge < -0.3 is 15.2 Å². The fourth-order valence-corrected chi connectivity index (χ4v) is 4.63. The molecule has 0 saturated carbocycles. The lowest BCUT2D eigenvalue weighted by molar-refractivity contribution is 0.267. The molecule has 0 amide bonds. The topological polar surface area (TPSA) is 70.4 Å². The number of nitrogens with one attached hydrogen (secondary N) is 2. The molecular weight excluding hydrogens is 394 g/mol. The zero-order valence-corrected chi connectivity index (χ0v) is 19.5. The third kappa shape index (κ3) is 6.47. The maximum Gasteiger partial charge on any atom is 0.191 e. The van der Waals surface area contributed by atoms with Crippen LogP contribution in [0.25, 0.3) is 0 Å². The number of hydrogen-bond acceptors (Lipinski definition) is 5. The number of likely N-dealkylation sites (tertiary alicyclic amines) is 1. The number of guanidine groups is 1. The van der Waals surface area contributed by atoms with Gasteiger partial charge in [-0.25, -0.2) is 4.99 Å². The number of aliphatic imine (C=N–C) groups is 1. The monoisotopic (exact) mass is 429 g/mol. The van der Waals surface area contributed by atoms with Crippen molar-refractivity contribution in [3.63, 3.8) is 0 Å². The first kappa shape index (κ1) is 22.6. The third-order valence-corrected chi connectivity index (χ3v) is 6.72. The van der Waals surface area contributed by atoms with Crippen molar-refractivity contribution in [1.82, 2.24) is 30.3 Å². The molecule has 1 fully saturated rings. The van der Waals surface area contributed by atoms with Gasteiger partial charge in [0.25, 0.3) is 0 Å². The largest absolute Gasteiger partial charge is 0.355 e. The summed E-state index contributed by atoms with van der Waals surface area (Å²) < 4.78 is 1.99. The maximum atomic E-state index is 4.80. The first-order valence-corrected chi connectivity index (χ1v) is 11.8. The van der Waals surface area contributed by atoms with E-state index in [-0.39, 0.29) is 0 Å². The summed E-state index contributed by atoms with van der Waals surface area (Å²) in [5.41, 5.74) is 0. The maximum absolute atomic E-state index is 4.80. The molecule has 3 rings (SSSR count). The van der Waals surface area contributed by atoms with Gasteiger partial charge in [0.15, 0.2) is 11.8 Å². The molecule has 2 unspecified atom stereocenters. The molecule has 30 heavy (non-hydrogen) atoms. The van der Waals surface area contributed by atoms with Gasteiger partial charge in [0.2, 0.25) is 0 Å². The normalized spacial score (nSPS) is 18.5. The molecule has 0 aliphatic carbocycles. The lowest BCUT2D eigenvalue weighted by Gasteiger charge is -2.24. The van der Waals surface area contributed by atoms with Gasteiger partial charge in [0, 0.05) is 36.3 Å². The van der Waals surface area contributed by atoms with E-state index in [2.05, 4.69) is 69.9 Å². The van der Waals surface area contributed by atoms with Crippen LogP contribution in [-0.2, 0) is 13.6 Å². The smallest absolute Gasteiger partial charge is 0.191 e. The van der Waals surface area contributed by atoms with Crippen LogP contribution in [0.1, 0.15) is 38.3 Å². The molecule has 2 atom stereocenters. The van der Waals surface area contributed by atoms with Crippen molar-refractivity contribution >= 4 is 17.7 Å². The van der Waals surface area contributed by atoms with E-state index in [0.29, 0.717) is 17.8 Å². The minimum Gasteiger partial charge on any atom is -0.355 e. The number of benzene rings is 1. The van der Waals surface area contributed by atoms with Gasteiger partial charge in [0.1, 0.15) is 12.4 Å². The average Bonchev–Trinajstić information content (AvgIpc) is 3.34. The van der Waals surface area contributed by atoms with Crippen molar-refractivity contribution in [3.8, 4) is 0 Å². The Bertz CT molecular complexity index is 805. The Labute approximate surface area is 184 Å². The SMILES string of the molecule is CCN1CCCC1CNC(=NCc1nnc(C)n1C)NCC(C)Sc1ccccc1. The van der Waals surface area contributed by atoms with E-state index in [1.54, 1.807) is 0 Å². The molecule has 0 radical (unpaired) electrons. The summed E-state index contributed by atoms with van der Waals surface area (Å²) in [6.07, 6.45) is 2.53. The summed E-state index contributed by atoms with van der Waals surface area (Å²) in [5.74, 6) is 2.62. The second kappa shape index (κ2) is 11.4. The number of aryl methyl sites for hydroxylation is 1. The molecule has 2 N–H and O–H groups in total. The lowest BCUT2D eigenvalue weighted by Crippen LogP contribution is -2.46. The van der Waals surface area contributed by atoms with Crippen LogP contribution in [-0.4, -0.2) is 63.1 Å². The summed E-state index contributed by atoms with van der Waals surface area (Å²) in [6.45, 7) is 11.0. The predicted molar refractivity (Wildman–Crippen MR) is 125 cm³/mol. The Morgan fingerprint density at radius 3 is 2.77 bits per heavy atom. The Morgan fingerprint density at radius 1 is 1.27 bits per heavy atom. The fraction of sp³-hybridized carbons (Fsp3) is 0.591. The number of rotatable bonds is 9. The van der Waals surface area contributed by atoms with E-state index >= 15 is 0 Å². The molecule has 1 aromatic heterocycles. The van der Waals surface area contributed by atoms with Crippen LogP contribution in [0.5, 0.6) is 0 Å². The number of hydrogen-bond donors (Lipinski definition) is 2. The molecule has 0 spiro atoms. The quantitative estimate of drug-likeness (QED) is 0.363. The zero-order chi connectivity index (χ0) is 21.3. The van der Waals surface area contributed by atoms with Gasteiger partial charge in [-0.1, -0.05) is 32.0 Å². The molecule has 164 valence electrons. The molecule has 8 heteroatoms. The molecule has 2 heterocycles. The van der Waals surface area contributed by atoms with E-state index in [1.807, 2.05) is 30.3 Å². The first-order chi connectivity index (χ1) is 14.6. The standard InChI is InChI=1S/C22H35N7S/c1-5-29-13-9-10-19(29)15-24-22(25-16-21-27-26-18(3)28(21)4)23-14-17(2)30-20-11-7-6-8-12-20/h6-8,11-12,17,19H,5,9-10,13-16H2,1-4H3,(H2,23,24,25). The van der Waals surface area contributed by atoms with Gasteiger partial charge in [0.05, 0.1) is 0 Å². The Kier molecular flexibility index (Phi) is 8.57. The molecule has 7 nitrogen and oxygen atoms in total. The van der Waals surface area contributed by atoms with Crippen LogP contribution in [0.15, 0.2) is 40.2 Å². The zero-order valence-electron chi connectivity index (χ0n) is 18.6. The fourth-order valence-electron chi connectivity index (χ4n) is 3.68. The highest BCUT2D eigenvalue weighted by Gasteiger charge is 2.23. The highest BCUT2D eigenvalue weighted by Crippen LogP contribution is 2.22. The summed E-state index contributed by atoms with van der Waals surface area (Å²) in [5, 5.41) is 15.9. The second-order valence-corrected chi connectivity index (χ2v) is 9.33. The van der Waals surface area contributed by atoms with Crippen LogP contribution in [0, 0.1) is 6.92 Å². The summed E-state index contributed by atoms with van der Waals surface area (Å²) in [6, 6.07) is 11.1. The average molecular weight is 430 g/mol. The first-order valence-electron chi connectivity index (χ1n) is 10.9. The van der Waals surface area contributed by atoms with Gasteiger partial charge in [-0.3, -0.25) is 4.90 Å². The summed E-state index contributed by atoms with van der Waals surface area (Å²) in [7, 11) is 1.98. The van der Waals surface area contributed by atoms with E-state index in [4.69, 9.17) is 4.99 Å². The van der Waals surface area contributed by atoms with E-state index in [1.165, 1.54) is 24.3 Å². The van der Waals surface area contributed by atoms with Crippen LogP contribution < -0.4 is 10.6 Å². The van der Waals surface area contributed by atoms with Crippen molar-refractivity contribution in [2.75, 3.05) is 26.2 Å². The third-order valence-electron chi connectivity index (χ3n) is 5.61. The van der Waals surface area contributed by atoms with Gasteiger partial charge in [-0.15, -0.1) is 22.0 Å².